The van der Waals surface area contributed by atoms with E-state index in [0.717, 1.165) is 10.6 Å². The Bertz CT molecular complexity index is 778. The fourth-order valence-corrected chi connectivity index (χ4v) is 2.61. The first-order chi connectivity index (χ1) is 11.1. The summed E-state index contributed by atoms with van der Waals surface area (Å²) in [5.74, 6) is -0.674. The molecule has 2 amide bonds. The fraction of sp³-hybridized carbons (Fsp3) is 0.125. The standard InChI is InChI=1S/C16H12Cl2FN3O/c17-12-4-1-10(2-5-12)9-11-3-6-13(15(19)14(11)18)22-16(23)20-7-8-21-22/h1-6,8H,7,9H2,(H,20,23). The monoisotopic (exact) mass is 351 g/mol. The number of carbonyl (C=O) groups is 1. The van der Waals surface area contributed by atoms with Gasteiger partial charge in [0.1, 0.15) is 5.69 Å². The van der Waals surface area contributed by atoms with Crippen LogP contribution in [0.15, 0.2) is 41.5 Å². The van der Waals surface area contributed by atoms with E-state index in [0.29, 0.717) is 23.6 Å². The molecule has 4 nitrogen and oxygen atoms in total. The molecule has 0 spiro atoms. The summed E-state index contributed by atoms with van der Waals surface area (Å²) in [6, 6.07) is 9.93. The average Bonchev–Trinajstić information content (AvgIpc) is 2.55. The van der Waals surface area contributed by atoms with Crippen molar-refractivity contribution in [3.8, 4) is 0 Å². The SMILES string of the molecule is O=C1NCC=NN1c1ccc(Cc2ccc(Cl)cc2)c(Cl)c1F. The van der Waals surface area contributed by atoms with E-state index in [-0.39, 0.29) is 10.7 Å². The van der Waals surface area contributed by atoms with Crippen molar-refractivity contribution in [1.82, 2.24) is 5.32 Å². The highest BCUT2D eigenvalue weighted by Gasteiger charge is 2.23. The first kappa shape index (κ1) is 15.8. The predicted molar refractivity (Wildman–Crippen MR) is 90.0 cm³/mol. The van der Waals surface area contributed by atoms with E-state index in [1.807, 2.05) is 12.1 Å². The van der Waals surface area contributed by atoms with Gasteiger partial charge in [-0.2, -0.15) is 10.1 Å². The summed E-state index contributed by atoms with van der Waals surface area (Å²) >= 11 is 12.0. The summed E-state index contributed by atoms with van der Waals surface area (Å²) in [7, 11) is 0. The molecule has 0 aromatic heterocycles. The van der Waals surface area contributed by atoms with E-state index >= 15 is 0 Å². The minimum atomic E-state index is -0.674. The van der Waals surface area contributed by atoms with E-state index in [1.54, 1.807) is 18.2 Å². The highest BCUT2D eigenvalue weighted by atomic mass is 35.5. The van der Waals surface area contributed by atoms with Gasteiger partial charge in [0.2, 0.25) is 0 Å². The third kappa shape index (κ3) is 3.30. The number of anilines is 1. The fourth-order valence-electron chi connectivity index (χ4n) is 2.26. The van der Waals surface area contributed by atoms with Crippen LogP contribution in [-0.4, -0.2) is 18.8 Å². The lowest BCUT2D eigenvalue weighted by Gasteiger charge is -2.22. The number of benzene rings is 2. The number of hydrazone groups is 1. The molecule has 0 aliphatic carbocycles. The van der Waals surface area contributed by atoms with Gasteiger partial charge in [-0.15, -0.1) is 0 Å². The topological polar surface area (TPSA) is 44.7 Å². The number of rotatable bonds is 3. The van der Waals surface area contributed by atoms with Crippen molar-refractivity contribution in [2.75, 3.05) is 11.6 Å². The average molecular weight is 352 g/mol. The van der Waals surface area contributed by atoms with Gasteiger partial charge in [-0.05, 0) is 35.7 Å². The van der Waals surface area contributed by atoms with Crippen LogP contribution < -0.4 is 10.3 Å². The second-order valence-electron chi connectivity index (χ2n) is 4.97. The smallest absolute Gasteiger partial charge is 0.331 e. The lowest BCUT2D eigenvalue weighted by molar-refractivity contribution is 0.246. The maximum Gasteiger partial charge on any atom is 0.343 e. The second-order valence-corrected chi connectivity index (χ2v) is 5.79. The third-order valence-electron chi connectivity index (χ3n) is 3.41. The van der Waals surface area contributed by atoms with Crippen molar-refractivity contribution in [2.24, 2.45) is 5.10 Å². The molecule has 0 radical (unpaired) electrons. The summed E-state index contributed by atoms with van der Waals surface area (Å²) in [5.41, 5.74) is 1.59. The van der Waals surface area contributed by atoms with E-state index in [4.69, 9.17) is 23.2 Å². The molecule has 1 heterocycles. The first-order valence-corrected chi connectivity index (χ1v) is 7.63. The first-order valence-electron chi connectivity index (χ1n) is 6.88. The molecule has 0 saturated heterocycles. The van der Waals surface area contributed by atoms with Crippen molar-refractivity contribution in [1.29, 1.82) is 0 Å². The van der Waals surface area contributed by atoms with Crippen LogP contribution in [0.3, 0.4) is 0 Å². The van der Waals surface area contributed by atoms with Crippen LogP contribution >= 0.6 is 23.2 Å². The summed E-state index contributed by atoms with van der Waals surface area (Å²) in [6.07, 6.45) is 1.94. The van der Waals surface area contributed by atoms with Crippen LogP contribution in [0, 0.1) is 5.82 Å². The Morgan fingerprint density at radius 3 is 2.61 bits per heavy atom. The minimum Gasteiger partial charge on any atom is -0.331 e. The number of nitrogens with one attached hydrogen (secondary N) is 1. The van der Waals surface area contributed by atoms with Gasteiger partial charge in [-0.3, -0.25) is 0 Å². The zero-order chi connectivity index (χ0) is 16.4. The van der Waals surface area contributed by atoms with Crippen LogP contribution in [0.4, 0.5) is 14.9 Å². The van der Waals surface area contributed by atoms with E-state index < -0.39 is 11.8 Å². The molecule has 23 heavy (non-hydrogen) atoms. The highest BCUT2D eigenvalue weighted by molar-refractivity contribution is 6.32. The maximum atomic E-state index is 14.5. The number of carbonyl (C=O) groups excluding carboxylic acids is 1. The Hall–Kier alpha value is -2.11. The molecule has 0 bridgehead atoms. The van der Waals surface area contributed by atoms with Gasteiger partial charge in [0.05, 0.1) is 11.6 Å². The molecule has 1 aliphatic heterocycles. The Balaban J connectivity index is 1.91. The van der Waals surface area contributed by atoms with Gasteiger partial charge in [-0.1, -0.05) is 41.4 Å². The molecular formula is C16H12Cl2FN3O. The largest absolute Gasteiger partial charge is 0.343 e. The summed E-state index contributed by atoms with van der Waals surface area (Å²) in [6.45, 7) is 0.319. The molecule has 2 aromatic rings. The third-order valence-corrected chi connectivity index (χ3v) is 4.07. The Kier molecular flexibility index (Phi) is 4.50. The van der Waals surface area contributed by atoms with Crippen LogP contribution in [0.25, 0.3) is 0 Å². The van der Waals surface area contributed by atoms with Crippen molar-refractivity contribution >= 4 is 41.1 Å². The zero-order valence-corrected chi connectivity index (χ0v) is 13.4. The van der Waals surface area contributed by atoms with Crippen LogP contribution in [-0.2, 0) is 6.42 Å². The molecule has 1 N–H and O–H groups in total. The highest BCUT2D eigenvalue weighted by Crippen LogP contribution is 2.31. The minimum absolute atomic E-state index is 0.0170. The molecular weight excluding hydrogens is 340 g/mol. The van der Waals surface area contributed by atoms with Gasteiger partial charge in [0, 0.05) is 11.2 Å². The predicted octanol–water partition coefficient (Wildman–Crippen LogP) is 4.24. The van der Waals surface area contributed by atoms with Crippen LogP contribution in [0.1, 0.15) is 11.1 Å². The number of urea groups is 1. The molecule has 3 rings (SSSR count). The van der Waals surface area contributed by atoms with Crippen LogP contribution in [0.5, 0.6) is 0 Å². The molecule has 7 heteroatoms. The lowest BCUT2D eigenvalue weighted by Crippen LogP contribution is -2.42. The normalized spacial score (nSPS) is 14.0. The number of hydrogen-bond acceptors (Lipinski definition) is 2. The van der Waals surface area contributed by atoms with Crippen molar-refractivity contribution < 1.29 is 9.18 Å². The quantitative estimate of drug-likeness (QED) is 0.882. The second kappa shape index (κ2) is 6.56. The Labute approximate surface area is 142 Å². The number of halogens is 3. The number of nitrogens with zero attached hydrogens (tertiary/aromatic N) is 2. The van der Waals surface area contributed by atoms with Gasteiger partial charge >= 0.3 is 6.03 Å². The molecule has 1 aliphatic rings. The summed E-state index contributed by atoms with van der Waals surface area (Å²) < 4.78 is 14.5. The Morgan fingerprint density at radius 2 is 1.91 bits per heavy atom. The van der Waals surface area contributed by atoms with Gasteiger partial charge in [0.25, 0.3) is 0 Å². The van der Waals surface area contributed by atoms with Gasteiger partial charge in [0.15, 0.2) is 5.82 Å². The van der Waals surface area contributed by atoms with Crippen LogP contribution in [0.2, 0.25) is 10.0 Å². The van der Waals surface area contributed by atoms with E-state index in [1.165, 1.54) is 12.3 Å². The molecule has 0 saturated carbocycles. The summed E-state index contributed by atoms with van der Waals surface area (Å²) in [5, 5.41) is 8.01. The molecule has 2 aromatic carbocycles. The van der Waals surface area contributed by atoms with Crippen molar-refractivity contribution in [3.63, 3.8) is 0 Å². The Morgan fingerprint density at radius 1 is 1.17 bits per heavy atom. The van der Waals surface area contributed by atoms with Crippen molar-refractivity contribution in [2.45, 2.75) is 6.42 Å². The van der Waals surface area contributed by atoms with Crippen molar-refractivity contribution in [3.05, 3.63) is 63.4 Å². The van der Waals surface area contributed by atoms with E-state index in [9.17, 15) is 9.18 Å². The van der Waals surface area contributed by atoms with E-state index in [2.05, 4.69) is 10.4 Å². The number of hydrogen-bond donors (Lipinski definition) is 1. The van der Waals surface area contributed by atoms with Gasteiger partial charge < -0.3 is 5.32 Å². The number of amides is 2. The lowest BCUT2D eigenvalue weighted by atomic mass is 10.0. The van der Waals surface area contributed by atoms with Gasteiger partial charge in [-0.25, -0.2) is 9.18 Å². The molecule has 0 unspecified atom stereocenters. The maximum absolute atomic E-state index is 14.5. The molecule has 0 fully saturated rings. The molecule has 0 atom stereocenters. The molecule has 118 valence electrons. The zero-order valence-electron chi connectivity index (χ0n) is 11.9. The summed E-state index contributed by atoms with van der Waals surface area (Å²) in [4.78, 5) is 11.7.